The molecule has 6 nitrogen and oxygen atoms in total. The summed E-state index contributed by atoms with van der Waals surface area (Å²) in [6.45, 7) is 8.87. The number of nitrogens with zero attached hydrogens (tertiary/aromatic N) is 2. The van der Waals surface area contributed by atoms with E-state index in [0.717, 1.165) is 24.2 Å². The lowest BCUT2D eigenvalue weighted by molar-refractivity contribution is -0.139. The molecule has 1 aliphatic carbocycles. The maximum Gasteiger partial charge on any atom is 0.325 e. The van der Waals surface area contributed by atoms with E-state index >= 15 is 0 Å². The van der Waals surface area contributed by atoms with Crippen molar-refractivity contribution in [3.05, 3.63) is 34.9 Å². The van der Waals surface area contributed by atoms with Crippen LogP contribution in [0.25, 0.3) is 0 Å². The zero-order valence-electron chi connectivity index (χ0n) is 17.4. The lowest BCUT2D eigenvalue weighted by Gasteiger charge is -2.39. The lowest BCUT2D eigenvalue weighted by atomic mass is 9.65. The molecule has 156 valence electrons. The maximum absolute atomic E-state index is 13.1. The predicted molar refractivity (Wildman–Crippen MR) is 110 cm³/mol. The van der Waals surface area contributed by atoms with Crippen LogP contribution < -0.4 is 5.32 Å². The minimum absolute atomic E-state index is 0.108. The van der Waals surface area contributed by atoms with Crippen LogP contribution in [-0.2, 0) is 15.1 Å². The second kappa shape index (κ2) is 6.46. The molecule has 2 bridgehead atoms. The van der Waals surface area contributed by atoms with E-state index < -0.39 is 17.5 Å². The molecule has 4 rings (SSSR count). The number of hydrogen-bond donors (Lipinski definition) is 1. The third-order valence-electron chi connectivity index (χ3n) is 6.73. The first-order valence-electron chi connectivity index (χ1n) is 10.1. The van der Waals surface area contributed by atoms with Gasteiger partial charge < -0.3 is 10.2 Å². The van der Waals surface area contributed by atoms with Crippen LogP contribution in [0.2, 0.25) is 5.02 Å². The van der Waals surface area contributed by atoms with Gasteiger partial charge in [0, 0.05) is 17.6 Å². The van der Waals surface area contributed by atoms with Crippen LogP contribution >= 0.6 is 11.6 Å². The molecule has 2 saturated heterocycles. The second-order valence-corrected chi connectivity index (χ2v) is 10.6. The van der Waals surface area contributed by atoms with Gasteiger partial charge in [0.25, 0.3) is 5.91 Å². The number of hydrogen-bond acceptors (Lipinski definition) is 3. The highest BCUT2D eigenvalue weighted by Gasteiger charge is 2.53. The summed E-state index contributed by atoms with van der Waals surface area (Å²) < 4.78 is 0. The Kier molecular flexibility index (Phi) is 4.50. The number of nitrogens with one attached hydrogen (secondary N) is 1. The van der Waals surface area contributed by atoms with Crippen molar-refractivity contribution in [2.75, 3.05) is 13.1 Å². The quantitative estimate of drug-likeness (QED) is 0.765. The number of rotatable bonds is 3. The van der Waals surface area contributed by atoms with Gasteiger partial charge in [-0.15, -0.1) is 0 Å². The SMILES string of the molecule is CC1(C)C[C@H]2C[C@](C)(CN2C(=O)CN2C(=O)N[C@](C)(c3ccc(Cl)cc3)C2=O)C1. The molecule has 1 aromatic carbocycles. The summed E-state index contributed by atoms with van der Waals surface area (Å²) in [5.41, 5.74) is -0.254. The minimum atomic E-state index is -1.20. The van der Waals surface area contributed by atoms with E-state index in [1.54, 1.807) is 31.2 Å². The van der Waals surface area contributed by atoms with Gasteiger partial charge in [-0.1, -0.05) is 44.5 Å². The minimum Gasteiger partial charge on any atom is -0.338 e. The van der Waals surface area contributed by atoms with Crippen LogP contribution in [0.4, 0.5) is 4.79 Å². The van der Waals surface area contributed by atoms with Crippen molar-refractivity contribution in [3.63, 3.8) is 0 Å². The van der Waals surface area contributed by atoms with E-state index in [2.05, 4.69) is 26.1 Å². The molecule has 4 amide bonds. The first kappa shape index (κ1) is 20.2. The van der Waals surface area contributed by atoms with E-state index in [-0.39, 0.29) is 29.3 Å². The lowest BCUT2D eigenvalue weighted by Crippen LogP contribution is -2.46. The van der Waals surface area contributed by atoms with E-state index in [1.165, 1.54) is 0 Å². The summed E-state index contributed by atoms with van der Waals surface area (Å²) in [5.74, 6) is -0.563. The number of likely N-dealkylation sites (tertiary alicyclic amines) is 1. The van der Waals surface area contributed by atoms with E-state index in [4.69, 9.17) is 11.6 Å². The summed E-state index contributed by atoms with van der Waals surface area (Å²) in [7, 11) is 0. The van der Waals surface area contributed by atoms with Crippen LogP contribution in [0, 0.1) is 10.8 Å². The second-order valence-electron chi connectivity index (χ2n) is 10.2. The zero-order chi connectivity index (χ0) is 21.2. The van der Waals surface area contributed by atoms with Crippen molar-refractivity contribution < 1.29 is 14.4 Å². The summed E-state index contributed by atoms with van der Waals surface area (Å²) in [5, 5.41) is 3.31. The Hall–Kier alpha value is -2.08. The van der Waals surface area contributed by atoms with Crippen LogP contribution in [0.3, 0.4) is 0 Å². The number of amides is 4. The number of urea groups is 1. The average Bonchev–Trinajstić information content (AvgIpc) is 2.99. The van der Waals surface area contributed by atoms with Crippen molar-refractivity contribution in [1.82, 2.24) is 15.1 Å². The Morgan fingerprint density at radius 3 is 2.45 bits per heavy atom. The van der Waals surface area contributed by atoms with Crippen molar-refractivity contribution in [1.29, 1.82) is 0 Å². The number of halogens is 1. The number of fused-ring (bicyclic) bond motifs is 2. The number of carbonyl (C=O) groups is 3. The van der Waals surface area contributed by atoms with Crippen molar-refractivity contribution in [2.24, 2.45) is 10.8 Å². The Labute approximate surface area is 176 Å². The molecule has 7 heteroatoms. The summed E-state index contributed by atoms with van der Waals surface area (Å²) in [6, 6.07) is 6.45. The van der Waals surface area contributed by atoms with E-state index in [0.29, 0.717) is 17.1 Å². The smallest absolute Gasteiger partial charge is 0.325 e. The first-order chi connectivity index (χ1) is 13.4. The molecule has 0 unspecified atom stereocenters. The highest BCUT2D eigenvalue weighted by Crippen LogP contribution is 2.52. The van der Waals surface area contributed by atoms with Crippen LogP contribution in [-0.4, -0.2) is 46.8 Å². The number of imide groups is 1. The monoisotopic (exact) mass is 417 g/mol. The molecule has 1 aromatic rings. The maximum atomic E-state index is 13.1. The van der Waals surface area contributed by atoms with Gasteiger partial charge in [-0.05, 0) is 54.7 Å². The van der Waals surface area contributed by atoms with Gasteiger partial charge in [-0.3, -0.25) is 14.5 Å². The molecule has 29 heavy (non-hydrogen) atoms. The highest BCUT2D eigenvalue weighted by molar-refractivity contribution is 6.30. The Bertz CT molecular complexity index is 884. The average molecular weight is 418 g/mol. The van der Waals surface area contributed by atoms with Crippen molar-refractivity contribution in [2.45, 2.75) is 58.5 Å². The molecule has 3 fully saturated rings. The largest absolute Gasteiger partial charge is 0.338 e. The molecule has 3 aliphatic rings. The van der Waals surface area contributed by atoms with Crippen molar-refractivity contribution >= 4 is 29.4 Å². The fourth-order valence-corrected chi connectivity index (χ4v) is 5.92. The van der Waals surface area contributed by atoms with E-state index in [1.807, 2.05) is 4.90 Å². The third kappa shape index (κ3) is 3.41. The third-order valence-corrected chi connectivity index (χ3v) is 6.98. The van der Waals surface area contributed by atoms with Gasteiger partial charge in [0.05, 0.1) is 0 Å². The van der Waals surface area contributed by atoms with Crippen LogP contribution in [0.1, 0.15) is 52.5 Å². The van der Waals surface area contributed by atoms with Crippen LogP contribution in [0.5, 0.6) is 0 Å². The van der Waals surface area contributed by atoms with Gasteiger partial charge in [0.2, 0.25) is 5.91 Å². The first-order valence-corrected chi connectivity index (χ1v) is 10.5. The van der Waals surface area contributed by atoms with Gasteiger partial charge in [0.15, 0.2) is 0 Å². The fraction of sp³-hybridized carbons (Fsp3) is 0.591. The number of carbonyl (C=O) groups excluding carboxylic acids is 3. The Morgan fingerprint density at radius 2 is 1.79 bits per heavy atom. The standard InChI is InChI=1S/C22H28ClN3O3/c1-20(2)9-16-10-21(3,12-20)13-26(16)17(27)11-25-18(28)22(4,24-19(25)29)14-5-7-15(23)8-6-14/h5-8,16H,9-13H2,1-4H3,(H,24,29)/t16-,21-,22+/m0/s1. The van der Waals surface area contributed by atoms with Crippen LogP contribution in [0.15, 0.2) is 24.3 Å². The molecular weight excluding hydrogens is 390 g/mol. The predicted octanol–water partition coefficient (Wildman–Crippen LogP) is 3.53. The number of benzene rings is 1. The fourth-order valence-electron chi connectivity index (χ4n) is 5.80. The topological polar surface area (TPSA) is 69.7 Å². The molecule has 3 atom stereocenters. The Morgan fingerprint density at radius 1 is 1.14 bits per heavy atom. The van der Waals surface area contributed by atoms with Crippen molar-refractivity contribution in [3.8, 4) is 0 Å². The summed E-state index contributed by atoms with van der Waals surface area (Å²) in [6.07, 6.45) is 3.03. The summed E-state index contributed by atoms with van der Waals surface area (Å²) in [4.78, 5) is 41.7. The molecule has 2 heterocycles. The normalized spacial score (nSPS) is 33.2. The molecule has 2 aliphatic heterocycles. The van der Waals surface area contributed by atoms with Gasteiger partial charge in [-0.25, -0.2) is 4.79 Å². The zero-order valence-corrected chi connectivity index (χ0v) is 18.2. The van der Waals surface area contributed by atoms with Gasteiger partial charge >= 0.3 is 6.03 Å². The molecular formula is C22H28ClN3O3. The molecule has 1 N–H and O–H groups in total. The summed E-state index contributed by atoms with van der Waals surface area (Å²) >= 11 is 5.94. The van der Waals surface area contributed by atoms with Gasteiger partial charge in [-0.2, -0.15) is 0 Å². The molecule has 1 saturated carbocycles. The van der Waals surface area contributed by atoms with E-state index in [9.17, 15) is 14.4 Å². The molecule has 0 radical (unpaired) electrons. The molecule has 0 aromatic heterocycles. The Balaban J connectivity index is 1.51. The molecule has 0 spiro atoms. The highest BCUT2D eigenvalue weighted by atomic mass is 35.5. The van der Waals surface area contributed by atoms with Gasteiger partial charge in [0.1, 0.15) is 12.1 Å².